The number of piperazine rings is 1. The molecule has 3 N–H and O–H groups in total. The quantitative estimate of drug-likeness (QED) is 0.644. The Kier molecular flexibility index (Phi) is 4.71. The van der Waals surface area contributed by atoms with Crippen molar-refractivity contribution in [3.63, 3.8) is 0 Å². The average Bonchev–Trinajstić information content (AvgIpc) is 2.92. The zero-order chi connectivity index (χ0) is 19.7. The lowest BCUT2D eigenvalue weighted by Crippen LogP contribution is -2.62. The van der Waals surface area contributed by atoms with E-state index in [1.54, 1.807) is 0 Å². The standard InChI is InChI=1S/C24H42N2O2/c1-22-15-20(26-12-10-25-11-13-26)21(27)14-16(22)4-5-17-18(22)6-8-23(2)19(17)7-9-24(23,3)28/h16-21,25,27-28H,4-15H2,1-3H3/t16?,17-,18+,19+,20+,21+,22+,23+,24+/m1/s1. The van der Waals surface area contributed by atoms with Crippen LogP contribution >= 0.6 is 0 Å². The van der Waals surface area contributed by atoms with Crippen molar-refractivity contribution >= 4 is 0 Å². The smallest absolute Gasteiger partial charge is 0.0698 e. The molecule has 28 heavy (non-hydrogen) atoms. The van der Waals surface area contributed by atoms with Gasteiger partial charge in [-0.05, 0) is 92.8 Å². The molecule has 1 saturated heterocycles. The minimum atomic E-state index is -0.480. The fourth-order valence-corrected chi connectivity index (χ4v) is 8.91. The van der Waals surface area contributed by atoms with Gasteiger partial charge in [0.05, 0.1) is 11.7 Å². The first-order chi connectivity index (χ1) is 13.3. The molecule has 0 bridgehead atoms. The maximum atomic E-state index is 11.1. The molecule has 0 amide bonds. The highest BCUT2D eigenvalue weighted by Gasteiger charge is 2.64. The van der Waals surface area contributed by atoms with Crippen molar-refractivity contribution < 1.29 is 10.2 Å². The van der Waals surface area contributed by atoms with E-state index in [9.17, 15) is 10.2 Å². The summed E-state index contributed by atoms with van der Waals surface area (Å²) in [6.07, 6.45) is 9.33. The first kappa shape index (κ1) is 19.8. The van der Waals surface area contributed by atoms with Gasteiger partial charge in [-0.25, -0.2) is 0 Å². The van der Waals surface area contributed by atoms with Crippen LogP contribution in [0.15, 0.2) is 0 Å². The summed E-state index contributed by atoms with van der Waals surface area (Å²) in [7, 11) is 0. The first-order valence-corrected chi connectivity index (χ1v) is 12.1. The Morgan fingerprint density at radius 2 is 1.64 bits per heavy atom. The minimum Gasteiger partial charge on any atom is -0.391 e. The van der Waals surface area contributed by atoms with Gasteiger partial charge in [-0.2, -0.15) is 0 Å². The molecule has 5 rings (SSSR count). The number of hydrogen-bond acceptors (Lipinski definition) is 4. The van der Waals surface area contributed by atoms with Crippen molar-refractivity contribution in [1.82, 2.24) is 10.2 Å². The van der Waals surface area contributed by atoms with Gasteiger partial charge < -0.3 is 15.5 Å². The normalized spacial score (nSPS) is 57.3. The highest BCUT2D eigenvalue weighted by atomic mass is 16.3. The maximum absolute atomic E-state index is 11.1. The van der Waals surface area contributed by atoms with Crippen LogP contribution in [0.3, 0.4) is 0 Å². The molecule has 0 aromatic carbocycles. The van der Waals surface area contributed by atoms with Crippen molar-refractivity contribution in [1.29, 1.82) is 0 Å². The van der Waals surface area contributed by atoms with E-state index in [1.165, 1.54) is 38.5 Å². The van der Waals surface area contributed by atoms with Gasteiger partial charge in [0.25, 0.3) is 0 Å². The van der Waals surface area contributed by atoms with E-state index in [0.717, 1.165) is 50.9 Å². The Hall–Kier alpha value is -0.160. The molecule has 4 nitrogen and oxygen atoms in total. The summed E-state index contributed by atoms with van der Waals surface area (Å²) in [4.78, 5) is 2.58. The van der Waals surface area contributed by atoms with Gasteiger partial charge in [0.1, 0.15) is 0 Å². The highest BCUT2D eigenvalue weighted by molar-refractivity contribution is 5.14. The molecule has 1 heterocycles. The molecular weight excluding hydrogens is 348 g/mol. The summed E-state index contributed by atoms with van der Waals surface area (Å²) in [6.45, 7) is 11.4. The summed E-state index contributed by atoms with van der Waals surface area (Å²) >= 11 is 0. The molecule has 4 saturated carbocycles. The summed E-state index contributed by atoms with van der Waals surface area (Å²) < 4.78 is 0. The van der Waals surface area contributed by atoms with E-state index >= 15 is 0 Å². The van der Waals surface area contributed by atoms with Gasteiger partial charge >= 0.3 is 0 Å². The zero-order valence-electron chi connectivity index (χ0n) is 18.3. The van der Waals surface area contributed by atoms with Crippen LogP contribution in [-0.2, 0) is 0 Å². The van der Waals surface area contributed by atoms with Crippen molar-refractivity contribution in [3.05, 3.63) is 0 Å². The van der Waals surface area contributed by atoms with Gasteiger partial charge in [-0.15, -0.1) is 0 Å². The molecule has 5 aliphatic rings. The minimum absolute atomic E-state index is 0.115. The van der Waals surface area contributed by atoms with Crippen molar-refractivity contribution in [2.75, 3.05) is 26.2 Å². The number of nitrogens with one attached hydrogen (secondary N) is 1. The summed E-state index contributed by atoms with van der Waals surface area (Å²) in [5.74, 6) is 2.96. The van der Waals surface area contributed by atoms with E-state index in [4.69, 9.17) is 0 Å². The van der Waals surface area contributed by atoms with Crippen LogP contribution < -0.4 is 5.32 Å². The van der Waals surface area contributed by atoms with Crippen LogP contribution in [0.5, 0.6) is 0 Å². The molecular formula is C24H42N2O2. The molecule has 0 spiro atoms. The number of nitrogens with zero attached hydrogens (tertiary/aromatic N) is 1. The van der Waals surface area contributed by atoms with Crippen LogP contribution in [0.25, 0.3) is 0 Å². The number of rotatable bonds is 1. The summed E-state index contributed by atoms with van der Waals surface area (Å²) in [6, 6.07) is 0.349. The lowest BCUT2D eigenvalue weighted by atomic mass is 9.44. The molecule has 4 aliphatic carbocycles. The Labute approximate surface area is 171 Å². The van der Waals surface area contributed by atoms with Crippen LogP contribution in [0.2, 0.25) is 0 Å². The molecule has 1 aliphatic heterocycles. The van der Waals surface area contributed by atoms with E-state index in [2.05, 4.69) is 31.0 Å². The largest absolute Gasteiger partial charge is 0.391 e. The Morgan fingerprint density at radius 1 is 0.929 bits per heavy atom. The number of fused-ring (bicyclic) bond motifs is 5. The SMILES string of the molecule is C[C@]12C[C@H](N3CCNCC3)[C@@H](O)CC1CC[C@@H]1[C@@H]2CC[C@@]2(C)[C@H]1CC[C@]2(C)O. The van der Waals surface area contributed by atoms with E-state index in [1.807, 2.05) is 0 Å². The molecule has 0 aromatic heterocycles. The van der Waals surface area contributed by atoms with E-state index < -0.39 is 5.60 Å². The fourth-order valence-electron chi connectivity index (χ4n) is 8.91. The van der Waals surface area contributed by atoms with Gasteiger partial charge in [0, 0.05) is 32.2 Å². The van der Waals surface area contributed by atoms with Gasteiger partial charge in [0.2, 0.25) is 0 Å². The zero-order valence-corrected chi connectivity index (χ0v) is 18.3. The predicted molar refractivity (Wildman–Crippen MR) is 112 cm³/mol. The molecule has 9 atom stereocenters. The van der Waals surface area contributed by atoms with Crippen LogP contribution in [0.4, 0.5) is 0 Å². The predicted octanol–water partition coefficient (Wildman–Crippen LogP) is 3.02. The lowest BCUT2D eigenvalue weighted by Gasteiger charge is -2.63. The second-order valence-corrected chi connectivity index (χ2v) is 11.8. The Morgan fingerprint density at radius 3 is 2.39 bits per heavy atom. The number of aliphatic hydroxyl groups is 2. The second kappa shape index (κ2) is 6.67. The molecule has 4 heteroatoms. The monoisotopic (exact) mass is 390 g/mol. The Balaban J connectivity index is 1.41. The van der Waals surface area contributed by atoms with Crippen molar-refractivity contribution in [2.24, 2.45) is 34.5 Å². The lowest BCUT2D eigenvalue weighted by molar-refractivity contribution is -0.166. The van der Waals surface area contributed by atoms with Crippen LogP contribution in [0.1, 0.15) is 72.1 Å². The molecule has 0 radical (unpaired) electrons. The average molecular weight is 391 g/mol. The number of hydrogen-bond donors (Lipinski definition) is 3. The summed E-state index contributed by atoms with van der Waals surface area (Å²) in [5.41, 5.74) is 0.00341. The van der Waals surface area contributed by atoms with Crippen molar-refractivity contribution in [3.8, 4) is 0 Å². The van der Waals surface area contributed by atoms with Crippen LogP contribution in [0, 0.1) is 34.5 Å². The molecule has 160 valence electrons. The number of aliphatic hydroxyl groups excluding tert-OH is 1. The fraction of sp³-hybridized carbons (Fsp3) is 1.00. The molecule has 0 aromatic rings. The van der Waals surface area contributed by atoms with E-state index in [-0.39, 0.29) is 11.5 Å². The van der Waals surface area contributed by atoms with Gasteiger partial charge in [-0.1, -0.05) is 13.8 Å². The highest BCUT2D eigenvalue weighted by Crippen LogP contribution is 2.68. The van der Waals surface area contributed by atoms with E-state index in [0.29, 0.717) is 23.3 Å². The van der Waals surface area contributed by atoms with Gasteiger partial charge in [0.15, 0.2) is 0 Å². The first-order valence-electron chi connectivity index (χ1n) is 12.1. The maximum Gasteiger partial charge on any atom is 0.0698 e. The topological polar surface area (TPSA) is 55.7 Å². The Bertz CT molecular complexity index is 603. The third-order valence-corrected chi connectivity index (χ3v) is 10.9. The van der Waals surface area contributed by atoms with Gasteiger partial charge in [-0.3, -0.25) is 4.90 Å². The second-order valence-electron chi connectivity index (χ2n) is 11.8. The molecule has 1 unspecified atom stereocenters. The molecule has 5 fully saturated rings. The van der Waals surface area contributed by atoms with Crippen LogP contribution in [-0.4, -0.2) is 59.0 Å². The third kappa shape index (κ3) is 2.70. The summed E-state index contributed by atoms with van der Waals surface area (Å²) in [5, 5.41) is 25.6. The third-order valence-electron chi connectivity index (χ3n) is 10.9. The van der Waals surface area contributed by atoms with Crippen molar-refractivity contribution in [2.45, 2.75) is 89.9 Å².